The number of hydrogen-bond donors (Lipinski definition) is 1. The first-order valence-corrected chi connectivity index (χ1v) is 10.7. The van der Waals surface area contributed by atoms with Crippen molar-refractivity contribution in [2.75, 3.05) is 59.0 Å². The highest BCUT2D eigenvalue weighted by Crippen LogP contribution is 2.21. The Bertz CT molecular complexity index is 501. The maximum Gasteiger partial charge on any atom is 0.317 e. The third-order valence-corrected chi connectivity index (χ3v) is 6.10. The van der Waals surface area contributed by atoms with Gasteiger partial charge in [0.05, 0.1) is 13.2 Å². The molecule has 2 atom stereocenters. The van der Waals surface area contributed by atoms with Gasteiger partial charge in [-0.05, 0) is 45.1 Å². The fourth-order valence-corrected chi connectivity index (χ4v) is 4.56. The molecule has 0 radical (unpaired) electrons. The van der Waals surface area contributed by atoms with E-state index in [1.165, 1.54) is 12.8 Å². The first-order valence-electron chi connectivity index (χ1n) is 10.7. The summed E-state index contributed by atoms with van der Waals surface area (Å²) >= 11 is 0. The minimum Gasteiger partial charge on any atom is -0.378 e. The smallest absolute Gasteiger partial charge is 0.317 e. The predicted molar refractivity (Wildman–Crippen MR) is 105 cm³/mol. The van der Waals surface area contributed by atoms with Crippen LogP contribution in [0.2, 0.25) is 0 Å². The van der Waals surface area contributed by atoms with Crippen molar-refractivity contribution in [3.63, 3.8) is 0 Å². The monoisotopic (exact) mass is 380 g/mol. The van der Waals surface area contributed by atoms with E-state index in [4.69, 9.17) is 4.74 Å². The Balaban J connectivity index is 1.38. The van der Waals surface area contributed by atoms with Gasteiger partial charge in [-0.25, -0.2) is 4.79 Å². The summed E-state index contributed by atoms with van der Waals surface area (Å²) in [4.78, 5) is 31.4. The van der Waals surface area contributed by atoms with Crippen molar-refractivity contribution >= 4 is 11.9 Å². The van der Waals surface area contributed by atoms with Gasteiger partial charge < -0.3 is 24.8 Å². The van der Waals surface area contributed by atoms with Gasteiger partial charge in [-0.2, -0.15) is 0 Å². The average molecular weight is 381 g/mol. The Morgan fingerprint density at radius 3 is 2.41 bits per heavy atom. The molecule has 3 amide bonds. The van der Waals surface area contributed by atoms with Crippen molar-refractivity contribution < 1.29 is 14.3 Å². The zero-order valence-corrected chi connectivity index (χ0v) is 17.0. The van der Waals surface area contributed by atoms with Crippen LogP contribution in [0.15, 0.2) is 0 Å². The van der Waals surface area contributed by atoms with Gasteiger partial charge in [0.1, 0.15) is 0 Å². The number of nitrogens with one attached hydrogen (secondary N) is 1. The maximum atomic E-state index is 12.6. The molecule has 0 bridgehead atoms. The summed E-state index contributed by atoms with van der Waals surface area (Å²) in [6, 6.07) is 0.167. The highest BCUT2D eigenvalue weighted by molar-refractivity contribution is 5.80. The zero-order chi connectivity index (χ0) is 19.2. The van der Waals surface area contributed by atoms with Crippen LogP contribution in [0.1, 0.15) is 39.5 Å². The molecule has 3 rings (SSSR count). The van der Waals surface area contributed by atoms with Crippen molar-refractivity contribution in [1.82, 2.24) is 20.0 Å². The Morgan fingerprint density at radius 1 is 1.04 bits per heavy atom. The number of urea groups is 1. The van der Waals surface area contributed by atoms with E-state index in [0.717, 1.165) is 38.4 Å². The van der Waals surface area contributed by atoms with E-state index in [9.17, 15) is 9.59 Å². The SMILES string of the molecule is CC1CCCN(CC(C)NC(=O)N2CCC(C(=O)N3CCOCC3)CC2)C1. The molecule has 7 heteroatoms. The highest BCUT2D eigenvalue weighted by Gasteiger charge is 2.31. The highest BCUT2D eigenvalue weighted by atomic mass is 16.5. The van der Waals surface area contributed by atoms with Crippen LogP contribution in [-0.4, -0.2) is 91.7 Å². The number of ether oxygens (including phenoxy) is 1. The molecule has 0 aromatic carbocycles. The van der Waals surface area contributed by atoms with Gasteiger partial charge in [0.2, 0.25) is 5.91 Å². The predicted octanol–water partition coefficient (Wildman–Crippen LogP) is 1.39. The molecule has 1 N–H and O–H groups in total. The molecule has 0 saturated carbocycles. The molecule has 3 saturated heterocycles. The molecule has 3 aliphatic rings. The minimum atomic E-state index is 0.0184. The lowest BCUT2D eigenvalue weighted by atomic mass is 9.95. The first kappa shape index (κ1) is 20.4. The van der Waals surface area contributed by atoms with Gasteiger partial charge in [-0.15, -0.1) is 0 Å². The second kappa shape index (κ2) is 9.73. The number of carbonyl (C=O) groups is 2. The number of amides is 3. The van der Waals surface area contributed by atoms with E-state index in [1.54, 1.807) is 0 Å². The van der Waals surface area contributed by atoms with E-state index in [1.807, 2.05) is 9.80 Å². The number of piperidine rings is 2. The lowest BCUT2D eigenvalue weighted by Gasteiger charge is -2.36. The standard InChI is InChI=1S/C20H36N4O3/c1-16-4-3-7-22(14-16)15-17(2)21-20(26)24-8-5-18(6-9-24)19(25)23-10-12-27-13-11-23/h16-18H,3-15H2,1-2H3,(H,21,26). The van der Waals surface area contributed by atoms with Gasteiger partial charge in [0, 0.05) is 51.2 Å². The molecule has 154 valence electrons. The van der Waals surface area contributed by atoms with E-state index in [2.05, 4.69) is 24.1 Å². The fraction of sp³-hybridized carbons (Fsp3) is 0.900. The average Bonchev–Trinajstić information content (AvgIpc) is 2.68. The first-order chi connectivity index (χ1) is 13.0. The van der Waals surface area contributed by atoms with Crippen molar-refractivity contribution in [2.45, 2.75) is 45.6 Å². The number of nitrogens with zero attached hydrogens (tertiary/aromatic N) is 3. The number of morpholine rings is 1. The van der Waals surface area contributed by atoms with Gasteiger partial charge in [0.15, 0.2) is 0 Å². The van der Waals surface area contributed by atoms with Crippen molar-refractivity contribution in [2.24, 2.45) is 11.8 Å². The third kappa shape index (κ3) is 5.82. The number of rotatable bonds is 4. The van der Waals surface area contributed by atoms with Gasteiger partial charge >= 0.3 is 6.03 Å². The molecule has 0 aliphatic carbocycles. The van der Waals surface area contributed by atoms with Gasteiger partial charge in [-0.1, -0.05) is 6.92 Å². The van der Waals surface area contributed by atoms with Crippen molar-refractivity contribution in [1.29, 1.82) is 0 Å². The van der Waals surface area contributed by atoms with Crippen LogP contribution < -0.4 is 5.32 Å². The molecular weight excluding hydrogens is 344 g/mol. The summed E-state index contributed by atoms with van der Waals surface area (Å²) < 4.78 is 5.32. The minimum absolute atomic E-state index is 0.0184. The Hall–Kier alpha value is -1.34. The Labute approximate surface area is 163 Å². The zero-order valence-electron chi connectivity index (χ0n) is 17.0. The largest absolute Gasteiger partial charge is 0.378 e. The van der Waals surface area contributed by atoms with Crippen molar-refractivity contribution in [3.8, 4) is 0 Å². The lowest BCUT2D eigenvalue weighted by molar-refractivity contribution is -0.141. The van der Waals surface area contributed by atoms with Crippen LogP contribution >= 0.6 is 0 Å². The topological polar surface area (TPSA) is 65.1 Å². The summed E-state index contributed by atoms with van der Waals surface area (Å²) in [7, 11) is 0. The Morgan fingerprint density at radius 2 is 1.74 bits per heavy atom. The number of hydrogen-bond acceptors (Lipinski definition) is 4. The summed E-state index contributed by atoms with van der Waals surface area (Å²) in [5.41, 5.74) is 0. The second-order valence-corrected chi connectivity index (χ2v) is 8.56. The van der Waals surface area contributed by atoms with E-state index in [0.29, 0.717) is 39.4 Å². The molecule has 0 aromatic heterocycles. The second-order valence-electron chi connectivity index (χ2n) is 8.56. The summed E-state index contributed by atoms with van der Waals surface area (Å²) in [5.74, 6) is 1.05. The van der Waals surface area contributed by atoms with E-state index >= 15 is 0 Å². The van der Waals surface area contributed by atoms with Crippen LogP contribution in [0.3, 0.4) is 0 Å². The van der Waals surface area contributed by atoms with E-state index < -0.39 is 0 Å². The van der Waals surface area contributed by atoms with Crippen LogP contribution in [0, 0.1) is 11.8 Å². The Kier molecular flexibility index (Phi) is 7.35. The molecule has 3 heterocycles. The molecule has 2 unspecified atom stereocenters. The van der Waals surface area contributed by atoms with Crippen molar-refractivity contribution in [3.05, 3.63) is 0 Å². The van der Waals surface area contributed by atoms with Crippen LogP contribution in [0.4, 0.5) is 4.79 Å². The van der Waals surface area contributed by atoms with Gasteiger partial charge in [-0.3, -0.25) is 4.79 Å². The quantitative estimate of drug-likeness (QED) is 0.800. The molecule has 0 spiro atoms. The third-order valence-electron chi connectivity index (χ3n) is 6.10. The van der Waals surface area contributed by atoms with Gasteiger partial charge in [0.25, 0.3) is 0 Å². The molecule has 7 nitrogen and oxygen atoms in total. The lowest BCUT2D eigenvalue weighted by Crippen LogP contribution is -2.52. The maximum absolute atomic E-state index is 12.6. The van der Waals surface area contributed by atoms with Crippen LogP contribution in [0.25, 0.3) is 0 Å². The molecular formula is C20H36N4O3. The molecule has 3 aliphatic heterocycles. The summed E-state index contributed by atoms with van der Waals surface area (Å²) in [5, 5.41) is 3.15. The summed E-state index contributed by atoms with van der Waals surface area (Å²) in [6.07, 6.45) is 4.10. The fourth-order valence-electron chi connectivity index (χ4n) is 4.56. The number of carbonyl (C=O) groups excluding carboxylic acids is 2. The number of likely N-dealkylation sites (tertiary alicyclic amines) is 2. The normalized spacial score (nSPS) is 26.7. The van der Waals surface area contributed by atoms with E-state index in [-0.39, 0.29) is 23.9 Å². The molecule has 3 fully saturated rings. The summed E-state index contributed by atoms with van der Waals surface area (Å²) in [6.45, 7) is 11.6. The molecule has 0 aromatic rings. The van der Waals surface area contributed by atoms with Crippen LogP contribution in [0.5, 0.6) is 0 Å². The molecule has 27 heavy (non-hydrogen) atoms. The van der Waals surface area contributed by atoms with Crippen LogP contribution in [-0.2, 0) is 9.53 Å².